The first-order valence-electron chi connectivity index (χ1n) is 5.53. The van der Waals surface area contributed by atoms with Crippen molar-refractivity contribution in [3.8, 4) is 0 Å². The van der Waals surface area contributed by atoms with Gasteiger partial charge in [-0.15, -0.1) is 0 Å². The molecular formula is C13H18O3. The maximum Gasteiger partial charge on any atom is 0.311 e. The van der Waals surface area contributed by atoms with Gasteiger partial charge in [-0.2, -0.15) is 0 Å². The second-order valence-electron chi connectivity index (χ2n) is 3.79. The molecule has 0 spiro atoms. The van der Waals surface area contributed by atoms with Crippen LogP contribution in [0.3, 0.4) is 0 Å². The normalized spacial score (nSPS) is 14.2. The molecule has 0 bridgehead atoms. The van der Waals surface area contributed by atoms with E-state index in [0.717, 1.165) is 5.56 Å². The largest absolute Gasteiger partial charge is 0.466 e. The number of aliphatic hydroxyl groups excluding tert-OH is 1. The first kappa shape index (κ1) is 12.7. The van der Waals surface area contributed by atoms with Crippen molar-refractivity contribution in [3.63, 3.8) is 0 Å². The molecule has 88 valence electrons. The first-order valence-corrected chi connectivity index (χ1v) is 5.53. The molecule has 0 saturated heterocycles. The summed E-state index contributed by atoms with van der Waals surface area (Å²) in [4.78, 5) is 11.6. The topological polar surface area (TPSA) is 46.5 Å². The van der Waals surface area contributed by atoms with E-state index >= 15 is 0 Å². The smallest absolute Gasteiger partial charge is 0.311 e. The lowest BCUT2D eigenvalue weighted by atomic mass is 9.95. The van der Waals surface area contributed by atoms with Crippen LogP contribution in [0, 0.1) is 5.92 Å². The maximum atomic E-state index is 11.6. The van der Waals surface area contributed by atoms with Crippen molar-refractivity contribution >= 4 is 5.97 Å². The van der Waals surface area contributed by atoms with Crippen LogP contribution < -0.4 is 0 Å². The molecule has 0 aliphatic rings. The zero-order valence-corrected chi connectivity index (χ0v) is 9.72. The molecule has 2 unspecified atom stereocenters. The second-order valence-corrected chi connectivity index (χ2v) is 3.79. The van der Waals surface area contributed by atoms with E-state index in [4.69, 9.17) is 4.74 Å². The summed E-state index contributed by atoms with van der Waals surface area (Å²) in [7, 11) is 0. The molecule has 0 heterocycles. The average Bonchev–Trinajstić information content (AvgIpc) is 2.27. The van der Waals surface area contributed by atoms with Crippen molar-refractivity contribution in [1.82, 2.24) is 0 Å². The highest BCUT2D eigenvalue weighted by molar-refractivity contribution is 5.73. The molecule has 0 saturated carbocycles. The number of hydrogen-bond donors (Lipinski definition) is 1. The van der Waals surface area contributed by atoms with E-state index in [1.165, 1.54) is 0 Å². The molecular weight excluding hydrogens is 204 g/mol. The number of ether oxygens (including phenoxy) is 1. The van der Waals surface area contributed by atoms with Crippen LogP contribution >= 0.6 is 0 Å². The van der Waals surface area contributed by atoms with Gasteiger partial charge >= 0.3 is 5.97 Å². The van der Waals surface area contributed by atoms with E-state index in [1.807, 2.05) is 30.3 Å². The van der Waals surface area contributed by atoms with E-state index < -0.39 is 12.0 Å². The van der Waals surface area contributed by atoms with Gasteiger partial charge in [-0.25, -0.2) is 0 Å². The van der Waals surface area contributed by atoms with E-state index in [-0.39, 0.29) is 5.97 Å². The lowest BCUT2D eigenvalue weighted by Crippen LogP contribution is -2.29. The Morgan fingerprint density at radius 2 is 2.00 bits per heavy atom. The van der Waals surface area contributed by atoms with Gasteiger partial charge in [-0.3, -0.25) is 4.79 Å². The van der Waals surface area contributed by atoms with Crippen LogP contribution in [0.15, 0.2) is 30.3 Å². The highest BCUT2D eigenvalue weighted by atomic mass is 16.5. The fourth-order valence-electron chi connectivity index (χ4n) is 1.57. The maximum absolute atomic E-state index is 11.6. The highest BCUT2D eigenvalue weighted by Crippen LogP contribution is 2.14. The van der Waals surface area contributed by atoms with Crippen LogP contribution in [0.4, 0.5) is 0 Å². The minimum Gasteiger partial charge on any atom is -0.466 e. The third-order valence-corrected chi connectivity index (χ3v) is 2.47. The fraction of sp³-hybridized carbons (Fsp3) is 0.462. The molecule has 3 heteroatoms. The molecule has 1 rings (SSSR count). The van der Waals surface area contributed by atoms with Crippen molar-refractivity contribution in [1.29, 1.82) is 0 Å². The molecule has 0 aliphatic carbocycles. The van der Waals surface area contributed by atoms with Crippen LogP contribution in [0.1, 0.15) is 19.4 Å². The monoisotopic (exact) mass is 222 g/mol. The van der Waals surface area contributed by atoms with Crippen LogP contribution in [-0.4, -0.2) is 23.8 Å². The third kappa shape index (κ3) is 3.66. The van der Waals surface area contributed by atoms with E-state index in [1.54, 1.807) is 13.8 Å². The summed E-state index contributed by atoms with van der Waals surface area (Å²) in [5, 5.41) is 9.57. The van der Waals surface area contributed by atoms with Gasteiger partial charge in [-0.05, 0) is 25.8 Å². The number of hydrogen-bond acceptors (Lipinski definition) is 3. The lowest BCUT2D eigenvalue weighted by molar-refractivity contribution is -0.151. The Balaban J connectivity index is 2.69. The number of esters is 1. The van der Waals surface area contributed by atoms with Crippen LogP contribution in [0.2, 0.25) is 0 Å². The SMILES string of the molecule is CCOC(=O)C(Cc1ccccc1)C(C)O. The molecule has 0 aromatic heterocycles. The van der Waals surface area contributed by atoms with Gasteiger partial charge < -0.3 is 9.84 Å². The van der Waals surface area contributed by atoms with Gasteiger partial charge in [0.25, 0.3) is 0 Å². The molecule has 3 nitrogen and oxygen atoms in total. The Kier molecular flexibility index (Phi) is 4.99. The van der Waals surface area contributed by atoms with E-state index in [2.05, 4.69) is 0 Å². The summed E-state index contributed by atoms with van der Waals surface area (Å²) in [5.74, 6) is -0.816. The molecule has 1 aromatic carbocycles. The first-order chi connectivity index (χ1) is 7.65. The van der Waals surface area contributed by atoms with Crippen LogP contribution in [0.5, 0.6) is 0 Å². The van der Waals surface area contributed by atoms with Gasteiger partial charge in [-0.1, -0.05) is 30.3 Å². The predicted molar refractivity (Wildman–Crippen MR) is 61.9 cm³/mol. The molecule has 0 radical (unpaired) electrons. The van der Waals surface area contributed by atoms with Gasteiger partial charge in [0, 0.05) is 0 Å². The molecule has 1 aromatic rings. The summed E-state index contributed by atoms with van der Waals surface area (Å²) in [6.07, 6.45) is -0.184. The Hall–Kier alpha value is -1.35. The summed E-state index contributed by atoms with van der Waals surface area (Å²) >= 11 is 0. The van der Waals surface area contributed by atoms with Crippen molar-refractivity contribution < 1.29 is 14.6 Å². The number of carbonyl (C=O) groups excluding carboxylic acids is 1. The number of aliphatic hydroxyl groups is 1. The average molecular weight is 222 g/mol. The molecule has 16 heavy (non-hydrogen) atoms. The highest BCUT2D eigenvalue weighted by Gasteiger charge is 2.25. The summed E-state index contributed by atoms with van der Waals surface area (Å²) < 4.78 is 4.94. The summed E-state index contributed by atoms with van der Waals surface area (Å²) in [5.41, 5.74) is 1.03. The standard InChI is InChI=1S/C13H18O3/c1-3-16-13(15)12(10(2)14)9-11-7-5-4-6-8-11/h4-8,10,12,14H,3,9H2,1-2H3. The quantitative estimate of drug-likeness (QED) is 0.773. The number of rotatable bonds is 5. The van der Waals surface area contributed by atoms with Crippen molar-refractivity contribution in [2.75, 3.05) is 6.61 Å². The second kappa shape index (κ2) is 6.28. The molecule has 0 aliphatic heterocycles. The van der Waals surface area contributed by atoms with E-state index in [9.17, 15) is 9.90 Å². The molecule has 0 fully saturated rings. The van der Waals surface area contributed by atoms with Gasteiger partial charge in [0.05, 0.1) is 18.6 Å². The minimum atomic E-state index is -0.695. The zero-order chi connectivity index (χ0) is 12.0. The minimum absolute atomic E-state index is 0.332. The van der Waals surface area contributed by atoms with Crippen molar-refractivity contribution in [2.45, 2.75) is 26.4 Å². The van der Waals surface area contributed by atoms with Gasteiger partial charge in [0.1, 0.15) is 0 Å². The number of benzene rings is 1. The van der Waals surface area contributed by atoms with Crippen molar-refractivity contribution in [3.05, 3.63) is 35.9 Å². The van der Waals surface area contributed by atoms with Gasteiger partial charge in [0.2, 0.25) is 0 Å². The molecule has 2 atom stereocenters. The Morgan fingerprint density at radius 3 is 2.50 bits per heavy atom. The van der Waals surface area contributed by atoms with Crippen LogP contribution in [-0.2, 0) is 16.0 Å². The zero-order valence-electron chi connectivity index (χ0n) is 9.72. The lowest BCUT2D eigenvalue weighted by Gasteiger charge is -2.18. The summed E-state index contributed by atoms with van der Waals surface area (Å²) in [6, 6.07) is 9.63. The van der Waals surface area contributed by atoms with Crippen molar-refractivity contribution in [2.24, 2.45) is 5.92 Å². The fourth-order valence-corrected chi connectivity index (χ4v) is 1.57. The Morgan fingerprint density at radius 1 is 1.38 bits per heavy atom. The Bertz CT molecular complexity index is 319. The summed E-state index contributed by atoms with van der Waals surface area (Å²) in [6.45, 7) is 3.72. The van der Waals surface area contributed by atoms with E-state index in [0.29, 0.717) is 13.0 Å². The Labute approximate surface area is 96.1 Å². The third-order valence-electron chi connectivity index (χ3n) is 2.47. The predicted octanol–water partition coefficient (Wildman–Crippen LogP) is 1.79. The van der Waals surface area contributed by atoms with Gasteiger partial charge in [0.15, 0.2) is 0 Å². The molecule has 1 N–H and O–H groups in total. The molecule has 0 amide bonds. The van der Waals surface area contributed by atoms with Crippen LogP contribution in [0.25, 0.3) is 0 Å². The number of carbonyl (C=O) groups is 1.